The summed E-state index contributed by atoms with van der Waals surface area (Å²) in [5.74, 6) is 5.34. The van der Waals surface area contributed by atoms with Crippen molar-refractivity contribution >= 4 is 50.7 Å². The predicted octanol–water partition coefficient (Wildman–Crippen LogP) is 7.18. The Kier molecular flexibility index (Phi) is 11.1. The zero-order chi connectivity index (χ0) is 35.6. The number of alkyl halides is 3. The molecule has 3 heterocycles. The van der Waals surface area contributed by atoms with Crippen LogP contribution in [0.2, 0.25) is 10.0 Å². The molecule has 1 saturated heterocycles. The third-order valence-electron chi connectivity index (χ3n) is 7.21. The van der Waals surface area contributed by atoms with Gasteiger partial charge in [-0.05, 0) is 88.2 Å². The highest BCUT2D eigenvalue weighted by atomic mass is 35.5. The number of hydrazine groups is 1. The first-order valence-electron chi connectivity index (χ1n) is 15.2. The SMILES string of the molecule is CC(C)(C)NS(=O)(=O)NCc1c(C(=O)NN2CCCCC2)nn(-c2ccc(Cl)cc2Cl)c1-c1ccc(C#Cc2ccc(C(F)(F)F)cc2)s1. The smallest absolute Gasteiger partial charge is 0.283 e. The molecule has 3 N–H and O–H groups in total. The normalized spacial score (nSPS) is 14.4. The van der Waals surface area contributed by atoms with Crippen molar-refractivity contribution in [2.75, 3.05) is 13.1 Å². The van der Waals surface area contributed by atoms with Gasteiger partial charge >= 0.3 is 6.18 Å². The second kappa shape index (κ2) is 14.8. The zero-order valence-corrected chi connectivity index (χ0v) is 29.9. The molecule has 0 saturated carbocycles. The zero-order valence-electron chi connectivity index (χ0n) is 26.7. The van der Waals surface area contributed by atoms with Crippen LogP contribution in [0.1, 0.15) is 72.1 Å². The summed E-state index contributed by atoms with van der Waals surface area (Å²) in [4.78, 5) is 15.0. The topological polar surface area (TPSA) is 108 Å². The predicted molar refractivity (Wildman–Crippen MR) is 186 cm³/mol. The summed E-state index contributed by atoms with van der Waals surface area (Å²) in [6, 6.07) is 12.8. The van der Waals surface area contributed by atoms with Gasteiger partial charge in [0.05, 0.1) is 31.7 Å². The highest BCUT2D eigenvalue weighted by Crippen LogP contribution is 2.37. The molecule has 0 bridgehead atoms. The highest BCUT2D eigenvalue weighted by molar-refractivity contribution is 7.87. The van der Waals surface area contributed by atoms with E-state index in [-0.39, 0.29) is 22.8 Å². The van der Waals surface area contributed by atoms with Crippen molar-refractivity contribution in [1.82, 2.24) is 29.7 Å². The number of hydrogen-bond donors (Lipinski definition) is 3. The minimum absolute atomic E-state index is 0.0177. The number of nitrogens with zero attached hydrogens (tertiary/aromatic N) is 3. The summed E-state index contributed by atoms with van der Waals surface area (Å²) in [7, 11) is -4.03. The molecule has 0 aliphatic carbocycles. The standard InChI is InChI=1S/C33H33Cl2F3N6O3S2/c1-32(2,3)42-49(46,47)39-20-25-29(31(45)41-43-17-5-4-6-18-43)40-44(27-15-12-23(34)19-26(27)35)30(25)28-16-14-24(48-28)13-9-21-7-10-22(11-8-21)33(36,37)38/h7-8,10-12,14-16,19,39,42H,4-6,17-18,20H2,1-3H3,(H,41,45). The molecule has 0 unspecified atom stereocenters. The largest absolute Gasteiger partial charge is 0.416 e. The average molecular weight is 754 g/mol. The lowest BCUT2D eigenvalue weighted by atomic mass is 10.1. The Balaban J connectivity index is 1.61. The summed E-state index contributed by atoms with van der Waals surface area (Å²) < 4.78 is 71.7. The number of carbonyl (C=O) groups excluding carboxylic acids is 1. The maximum absolute atomic E-state index is 13.8. The molecule has 1 aliphatic rings. The van der Waals surface area contributed by atoms with E-state index >= 15 is 0 Å². The van der Waals surface area contributed by atoms with Gasteiger partial charge in [-0.1, -0.05) is 41.5 Å². The summed E-state index contributed by atoms with van der Waals surface area (Å²) >= 11 is 14.1. The molecular formula is C33H33Cl2F3N6O3S2. The Labute approximate surface area is 296 Å². The lowest BCUT2D eigenvalue weighted by molar-refractivity contribution is -0.137. The maximum atomic E-state index is 13.8. The number of aromatic nitrogens is 2. The molecule has 49 heavy (non-hydrogen) atoms. The van der Waals surface area contributed by atoms with Crippen LogP contribution in [0.15, 0.2) is 54.6 Å². The van der Waals surface area contributed by atoms with E-state index in [0.29, 0.717) is 44.8 Å². The van der Waals surface area contributed by atoms with Crippen LogP contribution in [0.5, 0.6) is 0 Å². The van der Waals surface area contributed by atoms with Gasteiger partial charge in [0.15, 0.2) is 5.69 Å². The van der Waals surface area contributed by atoms with Crippen molar-refractivity contribution in [3.05, 3.63) is 91.9 Å². The molecule has 16 heteroatoms. The van der Waals surface area contributed by atoms with Crippen LogP contribution in [0.25, 0.3) is 16.3 Å². The Bertz CT molecular complexity index is 2010. The molecule has 1 amide bonds. The van der Waals surface area contributed by atoms with Gasteiger partial charge in [-0.3, -0.25) is 10.2 Å². The summed E-state index contributed by atoms with van der Waals surface area (Å²) in [5, 5.41) is 7.12. The van der Waals surface area contributed by atoms with Crippen molar-refractivity contribution < 1.29 is 26.4 Å². The minimum atomic E-state index is -4.46. The minimum Gasteiger partial charge on any atom is -0.283 e. The molecule has 4 aromatic rings. The third-order valence-corrected chi connectivity index (χ3v) is 10.2. The van der Waals surface area contributed by atoms with Gasteiger partial charge in [0.25, 0.3) is 16.1 Å². The number of halogens is 5. The van der Waals surface area contributed by atoms with Crippen molar-refractivity contribution in [1.29, 1.82) is 0 Å². The van der Waals surface area contributed by atoms with Gasteiger partial charge in [-0.2, -0.15) is 36.1 Å². The van der Waals surface area contributed by atoms with E-state index < -0.39 is 33.4 Å². The van der Waals surface area contributed by atoms with Gasteiger partial charge in [0.1, 0.15) is 0 Å². The van der Waals surface area contributed by atoms with Crippen molar-refractivity contribution in [2.45, 2.75) is 58.3 Å². The molecule has 1 fully saturated rings. The lowest BCUT2D eigenvalue weighted by Gasteiger charge is -2.26. The average Bonchev–Trinajstić information content (AvgIpc) is 3.63. The first-order valence-corrected chi connectivity index (χ1v) is 18.3. The van der Waals surface area contributed by atoms with E-state index in [1.165, 1.54) is 34.2 Å². The van der Waals surface area contributed by atoms with Gasteiger partial charge in [-0.15, -0.1) is 11.3 Å². The van der Waals surface area contributed by atoms with Crippen LogP contribution in [0, 0.1) is 11.8 Å². The summed E-state index contributed by atoms with van der Waals surface area (Å²) in [6.07, 6.45) is -1.58. The lowest BCUT2D eigenvalue weighted by Crippen LogP contribution is -2.47. The molecule has 9 nitrogen and oxygen atoms in total. The first-order chi connectivity index (χ1) is 23.0. The van der Waals surface area contributed by atoms with E-state index in [1.54, 1.807) is 45.0 Å². The quantitative estimate of drug-likeness (QED) is 0.165. The molecular weight excluding hydrogens is 720 g/mol. The number of amides is 1. The molecule has 1 aliphatic heterocycles. The molecule has 2 aromatic carbocycles. The summed E-state index contributed by atoms with van der Waals surface area (Å²) in [5.41, 5.74) is 2.80. The third kappa shape index (κ3) is 9.64. The molecule has 260 valence electrons. The fraction of sp³-hybridized carbons (Fsp3) is 0.333. The van der Waals surface area contributed by atoms with Crippen molar-refractivity contribution in [3.8, 4) is 28.1 Å². The van der Waals surface area contributed by atoms with Gasteiger partial charge in [0.2, 0.25) is 0 Å². The van der Waals surface area contributed by atoms with E-state index in [9.17, 15) is 26.4 Å². The van der Waals surface area contributed by atoms with Crippen LogP contribution >= 0.6 is 34.5 Å². The number of nitrogens with one attached hydrogen (secondary N) is 3. The Morgan fingerprint density at radius 2 is 1.67 bits per heavy atom. The molecule has 5 rings (SSSR count). The van der Waals surface area contributed by atoms with Crippen LogP contribution in [-0.2, 0) is 22.9 Å². The number of hydrogen-bond acceptors (Lipinski definition) is 6. The van der Waals surface area contributed by atoms with Crippen molar-refractivity contribution in [2.24, 2.45) is 0 Å². The van der Waals surface area contributed by atoms with Crippen LogP contribution in [0.3, 0.4) is 0 Å². The van der Waals surface area contributed by atoms with E-state index in [2.05, 4.69) is 26.7 Å². The second-order valence-corrected chi connectivity index (χ2v) is 15.8. The number of carbonyl (C=O) groups is 1. The number of rotatable bonds is 8. The Morgan fingerprint density at radius 1 is 0.980 bits per heavy atom. The fourth-order valence-electron chi connectivity index (χ4n) is 5.10. The molecule has 0 spiro atoms. The Hall–Kier alpha value is -3.42. The van der Waals surface area contributed by atoms with Crippen LogP contribution in [-0.4, -0.2) is 47.7 Å². The molecule has 0 radical (unpaired) electrons. The second-order valence-electron chi connectivity index (χ2n) is 12.3. The van der Waals surface area contributed by atoms with Gasteiger partial charge < -0.3 is 0 Å². The maximum Gasteiger partial charge on any atom is 0.416 e. The van der Waals surface area contributed by atoms with E-state index in [4.69, 9.17) is 28.3 Å². The van der Waals surface area contributed by atoms with Gasteiger partial charge in [0, 0.05) is 41.3 Å². The number of piperidine rings is 1. The Morgan fingerprint density at radius 3 is 2.31 bits per heavy atom. The molecule has 2 aromatic heterocycles. The number of thiophene rings is 1. The van der Waals surface area contributed by atoms with Crippen LogP contribution in [0.4, 0.5) is 13.2 Å². The first kappa shape index (κ1) is 36.9. The number of benzene rings is 2. The highest BCUT2D eigenvalue weighted by Gasteiger charge is 2.31. The van der Waals surface area contributed by atoms with E-state index in [1.807, 2.05) is 5.01 Å². The van der Waals surface area contributed by atoms with Crippen LogP contribution < -0.4 is 14.9 Å². The summed E-state index contributed by atoms with van der Waals surface area (Å²) in [6.45, 7) is 6.12. The monoisotopic (exact) mass is 752 g/mol. The fourth-order valence-corrected chi connectivity index (χ4v) is 7.72. The van der Waals surface area contributed by atoms with Gasteiger partial charge in [-0.25, -0.2) is 9.69 Å². The molecule has 0 atom stereocenters. The van der Waals surface area contributed by atoms with Crippen molar-refractivity contribution in [3.63, 3.8) is 0 Å². The van der Waals surface area contributed by atoms with E-state index in [0.717, 1.165) is 31.4 Å².